The molecule has 6 heteroatoms. The van der Waals surface area contributed by atoms with Crippen molar-refractivity contribution in [2.45, 2.75) is 18.2 Å². The van der Waals surface area contributed by atoms with Crippen LogP contribution in [0.5, 0.6) is 0 Å². The summed E-state index contributed by atoms with van der Waals surface area (Å²) in [7, 11) is 0. The van der Waals surface area contributed by atoms with Crippen molar-refractivity contribution in [1.82, 2.24) is 4.90 Å². The Kier molecular flexibility index (Phi) is 5.50. The lowest BCUT2D eigenvalue weighted by Crippen LogP contribution is -2.36. The predicted molar refractivity (Wildman–Crippen MR) is 69.9 cm³/mol. The lowest BCUT2D eigenvalue weighted by molar-refractivity contribution is -0.137. The Bertz CT molecular complexity index is 403. The Hall–Kier alpha value is -1.01. The smallest absolute Gasteiger partial charge is 0.323 e. The molecule has 0 bridgehead atoms. The molecule has 0 saturated heterocycles. The highest BCUT2D eigenvalue weighted by Crippen LogP contribution is 2.26. The fourth-order valence-corrected chi connectivity index (χ4v) is 3.15. The van der Waals surface area contributed by atoms with Crippen LogP contribution in [0.2, 0.25) is 0 Å². The van der Waals surface area contributed by atoms with Gasteiger partial charge in [0.2, 0.25) is 0 Å². The van der Waals surface area contributed by atoms with E-state index < -0.39 is 5.97 Å². The first-order chi connectivity index (χ1) is 8.10. The molecule has 0 aliphatic rings. The molecule has 1 aromatic rings. The van der Waals surface area contributed by atoms with Crippen molar-refractivity contribution in [2.24, 2.45) is 0 Å². The van der Waals surface area contributed by atoms with E-state index in [9.17, 15) is 9.59 Å². The first kappa shape index (κ1) is 14.1. The van der Waals surface area contributed by atoms with Gasteiger partial charge in [0.1, 0.15) is 11.4 Å². The molecule has 0 fully saturated rings. The minimum atomic E-state index is -0.978. The first-order valence-corrected chi connectivity index (χ1v) is 7.33. The van der Waals surface area contributed by atoms with Gasteiger partial charge in [-0.2, -0.15) is 0 Å². The zero-order valence-electron chi connectivity index (χ0n) is 9.80. The van der Waals surface area contributed by atoms with E-state index in [1.165, 1.54) is 28.0 Å². The van der Waals surface area contributed by atoms with Crippen LogP contribution in [0.25, 0.3) is 0 Å². The highest BCUT2D eigenvalue weighted by molar-refractivity contribution is 7.98. The molecule has 17 heavy (non-hydrogen) atoms. The van der Waals surface area contributed by atoms with Gasteiger partial charge in [0.05, 0.1) is 0 Å². The summed E-state index contributed by atoms with van der Waals surface area (Å²) in [5, 5.41) is 10.6. The van der Waals surface area contributed by atoms with E-state index in [1.807, 2.05) is 24.6 Å². The van der Waals surface area contributed by atoms with Gasteiger partial charge < -0.3 is 10.0 Å². The number of hydrogen-bond acceptors (Lipinski definition) is 4. The molecule has 1 heterocycles. The number of carboxylic acid groups (broad SMARTS) is 1. The number of nitrogens with zero attached hydrogens (tertiary/aromatic N) is 1. The Morgan fingerprint density at radius 2 is 2.24 bits per heavy atom. The number of thioether (sulfide) groups is 1. The van der Waals surface area contributed by atoms with Crippen molar-refractivity contribution in [3.8, 4) is 0 Å². The molecule has 0 aromatic carbocycles. The van der Waals surface area contributed by atoms with Gasteiger partial charge in [0, 0.05) is 11.4 Å². The molecule has 0 spiro atoms. The van der Waals surface area contributed by atoms with E-state index in [-0.39, 0.29) is 12.5 Å². The van der Waals surface area contributed by atoms with Crippen molar-refractivity contribution in [3.63, 3.8) is 0 Å². The van der Waals surface area contributed by atoms with Gasteiger partial charge in [-0.3, -0.25) is 9.59 Å². The van der Waals surface area contributed by atoms with Crippen molar-refractivity contribution < 1.29 is 14.7 Å². The molecule has 0 atom stereocenters. The second-order valence-corrected chi connectivity index (χ2v) is 5.20. The zero-order chi connectivity index (χ0) is 12.8. The zero-order valence-corrected chi connectivity index (χ0v) is 11.4. The molecular formula is C11H15NO3S2. The van der Waals surface area contributed by atoms with Crippen LogP contribution in [-0.2, 0) is 4.79 Å². The van der Waals surface area contributed by atoms with Crippen molar-refractivity contribution in [3.05, 3.63) is 16.3 Å². The summed E-state index contributed by atoms with van der Waals surface area (Å²) in [5.41, 5.74) is 0. The average Bonchev–Trinajstić information content (AvgIpc) is 2.74. The van der Waals surface area contributed by atoms with E-state index in [0.29, 0.717) is 11.4 Å². The molecular weight excluding hydrogens is 258 g/mol. The van der Waals surface area contributed by atoms with Crippen LogP contribution in [0.15, 0.2) is 16.3 Å². The van der Waals surface area contributed by atoms with Crippen LogP contribution in [-0.4, -0.2) is 41.2 Å². The number of carboxylic acids is 1. The van der Waals surface area contributed by atoms with Crippen molar-refractivity contribution >= 4 is 35.0 Å². The lowest BCUT2D eigenvalue weighted by atomic mass is 10.3. The highest BCUT2D eigenvalue weighted by Gasteiger charge is 2.21. The number of rotatable bonds is 6. The molecule has 4 nitrogen and oxygen atoms in total. The fraction of sp³-hybridized carbons (Fsp3) is 0.455. The third kappa shape index (κ3) is 3.74. The molecule has 1 rings (SSSR count). The topological polar surface area (TPSA) is 57.6 Å². The molecule has 1 amide bonds. The van der Waals surface area contributed by atoms with Crippen LogP contribution >= 0.6 is 23.1 Å². The Morgan fingerprint density at radius 3 is 2.76 bits per heavy atom. The normalized spacial score (nSPS) is 10.2. The van der Waals surface area contributed by atoms with Crippen LogP contribution in [0.1, 0.15) is 23.0 Å². The van der Waals surface area contributed by atoms with Gasteiger partial charge in [0.25, 0.3) is 5.91 Å². The van der Waals surface area contributed by atoms with Crippen LogP contribution in [0, 0.1) is 0 Å². The first-order valence-electron chi connectivity index (χ1n) is 5.22. The summed E-state index contributed by atoms with van der Waals surface area (Å²) in [5.74, 6) is -1.16. The maximum atomic E-state index is 12.2. The van der Waals surface area contributed by atoms with E-state index >= 15 is 0 Å². The number of aliphatic carboxylic acids is 1. The van der Waals surface area contributed by atoms with Crippen LogP contribution < -0.4 is 0 Å². The maximum Gasteiger partial charge on any atom is 0.323 e. The summed E-state index contributed by atoms with van der Waals surface area (Å²) in [6.45, 7) is 2.15. The van der Waals surface area contributed by atoms with E-state index in [0.717, 1.165) is 11.3 Å². The minimum absolute atomic E-state index is 0.186. The number of hydrogen-bond donors (Lipinski definition) is 1. The van der Waals surface area contributed by atoms with Gasteiger partial charge in [-0.25, -0.2) is 0 Å². The third-order valence-corrected chi connectivity index (χ3v) is 3.96. The molecule has 0 aliphatic heterocycles. The standard InChI is InChI=1S/C11H15NO3S2/c1-3-5-12(7-9(13)14)11(15)10-8(16-2)4-6-17-10/h4,6H,3,5,7H2,1-2H3,(H,13,14). The van der Waals surface area contributed by atoms with Crippen LogP contribution in [0.4, 0.5) is 0 Å². The van der Waals surface area contributed by atoms with E-state index in [4.69, 9.17) is 5.11 Å². The van der Waals surface area contributed by atoms with Gasteiger partial charge in [-0.1, -0.05) is 6.92 Å². The van der Waals surface area contributed by atoms with Crippen LogP contribution in [0.3, 0.4) is 0 Å². The van der Waals surface area contributed by atoms with E-state index in [1.54, 1.807) is 0 Å². The third-order valence-electron chi connectivity index (χ3n) is 2.15. The SMILES string of the molecule is CCCN(CC(=O)O)C(=O)c1sccc1SC. The van der Waals surface area contributed by atoms with Crippen molar-refractivity contribution in [1.29, 1.82) is 0 Å². The second-order valence-electron chi connectivity index (χ2n) is 3.44. The maximum absolute atomic E-state index is 12.2. The van der Waals surface area contributed by atoms with Crippen molar-refractivity contribution in [2.75, 3.05) is 19.3 Å². The summed E-state index contributed by atoms with van der Waals surface area (Å²) in [6, 6.07) is 1.88. The summed E-state index contributed by atoms with van der Waals surface area (Å²) in [6.07, 6.45) is 2.65. The number of carbonyl (C=O) groups is 2. The Morgan fingerprint density at radius 1 is 1.53 bits per heavy atom. The van der Waals surface area contributed by atoms with Gasteiger partial charge >= 0.3 is 5.97 Å². The Labute approximate surface area is 109 Å². The number of carbonyl (C=O) groups excluding carboxylic acids is 1. The minimum Gasteiger partial charge on any atom is -0.480 e. The fourth-order valence-electron chi connectivity index (χ4n) is 1.44. The molecule has 0 unspecified atom stereocenters. The summed E-state index contributed by atoms with van der Waals surface area (Å²) >= 11 is 2.86. The molecule has 0 radical (unpaired) electrons. The molecule has 1 N–H and O–H groups in total. The predicted octanol–water partition coefficient (Wildman–Crippen LogP) is 2.41. The summed E-state index contributed by atoms with van der Waals surface area (Å²) in [4.78, 5) is 25.8. The van der Waals surface area contributed by atoms with Gasteiger partial charge in [-0.15, -0.1) is 23.1 Å². The Balaban J connectivity index is 2.87. The largest absolute Gasteiger partial charge is 0.480 e. The molecule has 0 aliphatic carbocycles. The second kappa shape index (κ2) is 6.66. The van der Waals surface area contributed by atoms with E-state index in [2.05, 4.69) is 0 Å². The average molecular weight is 273 g/mol. The van der Waals surface area contributed by atoms with Gasteiger partial charge in [0.15, 0.2) is 0 Å². The molecule has 94 valence electrons. The molecule has 1 aromatic heterocycles. The highest BCUT2D eigenvalue weighted by atomic mass is 32.2. The lowest BCUT2D eigenvalue weighted by Gasteiger charge is -2.19. The molecule has 0 saturated carbocycles. The van der Waals surface area contributed by atoms with Gasteiger partial charge in [-0.05, 0) is 24.1 Å². The summed E-state index contributed by atoms with van der Waals surface area (Å²) < 4.78 is 0. The quantitative estimate of drug-likeness (QED) is 0.809. The number of amides is 1. The monoisotopic (exact) mass is 273 g/mol. The number of thiophene rings is 1.